The van der Waals surface area contributed by atoms with E-state index in [4.69, 9.17) is 4.74 Å². The molecule has 5 nitrogen and oxygen atoms in total. The molecule has 136 valence electrons. The number of rotatable bonds is 6. The van der Waals surface area contributed by atoms with Crippen LogP contribution in [0.15, 0.2) is 35.1 Å². The van der Waals surface area contributed by atoms with E-state index in [1.165, 1.54) is 0 Å². The summed E-state index contributed by atoms with van der Waals surface area (Å²) in [4.78, 5) is 17.0. The Morgan fingerprint density at radius 2 is 1.76 bits per heavy atom. The summed E-state index contributed by atoms with van der Waals surface area (Å²) in [7, 11) is 0. The first kappa shape index (κ1) is 19.2. The van der Waals surface area contributed by atoms with Crippen LogP contribution in [0.5, 0.6) is 5.75 Å². The third-order valence-electron chi connectivity index (χ3n) is 4.59. The number of aryl methyl sites for hydroxylation is 2. The van der Waals surface area contributed by atoms with Crippen LogP contribution in [0.25, 0.3) is 5.69 Å². The lowest BCUT2D eigenvalue weighted by molar-refractivity contribution is -0.0906. The molecule has 0 aliphatic carbocycles. The van der Waals surface area contributed by atoms with Crippen LogP contribution in [-0.2, 0) is 6.42 Å². The van der Waals surface area contributed by atoms with Crippen molar-refractivity contribution in [3.05, 3.63) is 52.2 Å². The molecule has 0 saturated carbocycles. The Kier molecular flexibility index (Phi) is 5.37. The molecule has 0 fully saturated rings. The molecule has 0 radical (unpaired) electrons. The molecule has 2 aromatic rings. The van der Waals surface area contributed by atoms with Crippen molar-refractivity contribution in [2.45, 2.75) is 65.6 Å². The second kappa shape index (κ2) is 7.00. The lowest BCUT2D eigenvalue weighted by Crippen LogP contribution is -2.49. The van der Waals surface area contributed by atoms with Gasteiger partial charge < -0.3 is 9.84 Å². The average molecular weight is 344 g/mol. The van der Waals surface area contributed by atoms with Crippen molar-refractivity contribution in [3.8, 4) is 11.4 Å². The second-order valence-electron chi connectivity index (χ2n) is 7.38. The maximum Gasteiger partial charge on any atom is 0.258 e. The minimum absolute atomic E-state index is 0.0820. The van der Waals surface area contributed by atoms with Crippen LogP contribution in [0.4, 0.5) is 0 Å². The van der Waals surface area contributed by atoms with Crippen LogP contribution in [0, 0.1) is 6.92 Å². The summed E-state index contributed by atoms with van der Waals surface area (Å²) in [5.74, 6) is 1.30. The molecule has 25 heavy (non-hydrogen) atoms. The normalized spacial score (nSPS) is 12.3. The molecule has 1 aromatic heterocycles. The standard InChI is InChI=1S/C20H28N2O3/c1-7-8-15-13-18(23)22(14(2)21-15)16-9-11-17(12-10-16)25-20(5,6)19(3,4)24/h9-13,24H,7-8H2,1-6H3. The van der Waals surface area contributed by atoms with Gasteiger partial charge in [-0.2, -0.15) is 0 Å². The molecule has 0 aliphatic heterocycles. The molecular weight excluding hydrogens is 316 g/mol. The van der Waals surface area contributed by atoms with Gasteiger partial charge in [-0.15, -0.1) is 0 Å². The van der Waals surface area contributed by atoms with Crippen molar-refractivity contribution in [2.75, 3.05) is 0 Å². The molecule has 1 N–H and O–H groups in total. The first-order valence-corrected chi connectivity index (χ1v) is 8.66. The molecule has 0 amide bonds. The Morgan fingerprint density at radius 1 is 1.16 bits per heavy atom. The highest BCUT2D eigenvalue weighted by atomic mass is 16.5. The number of ether oxygens (including phenoxy) is 1. The SMILES string of the molecule is CCCc1cc(=O)n(-c2ccc(OC(C)(C)C(C)(C)O)cc2)c(C)n1. The molecule has 0 unspecified atom stereocenters. The van der Waals surface area contributed by atoms with Gasteiger partial charge in [0.05, 0.1) is 11.3 Å². The quantitative estimate of drug-likeness (QED) is 0.872. The fraction of sp³-hybridized carbons (Fsp3) is 0.500. The average Bonchev–Trinajstić information content (AvgIpc) is 2.47. The van der Waals surface area contributed by atoms with E-state index < -0.39 is 11.2 Å². The van der Waals surface area contributed by atoms with E-state index >= 15 is 0 Å². The first-order chi connectivity index (χ1) is 11.5. The summed E-state index contributed by atoms with van der Waals surface area (Å²) in [5.41, 5.74) is -0.246. The van der Waals surface area contributed by atoms with Crippen LogP contribution < -0.4 is 10.3 Å². The van der Waals surface area contributed by atoms with Gasteiger partial charge in [-0.3, -0.25) is 9.36 Å². The second-order valence-corrected chi connectivity index (χ2v) is 7.38. The van der Waals surface area contributed by atoms with Gasteiger partial charge in [-0.25, -0.2) is 4.98 Å². The van der Waals surface area contributed by atoms with E-state index in [9.17, 15) is 9.90 Å². The molecule has 1 heterocycles. The van der Waals surface area contributed by atoms with Gasteiger partial charge in [0.1, 0.15) is 17.2 Å². The lowest BCUT2D eigenvalue weighted by Gasteiger charge is -2.37. The van der Waals surface area contributed by atoms with Crippen molar-refractivity contribution in [1.82, 2.24) is 9.55 Å². The zero-order valence-corrected chi connectivity index (χ0v) is 16.0. The van der Waals surface area contributed by atoms with E-state index in [2.05, 4.69) is 11.9 Å². The maximum atomic E-state index is 12.4. The van der Waals surface area contributed by atoms with Gasteiger partial charge in [0, 0.05) is 11.8 Å². The van der Waals surface area contributed by atoms with E-state index in [1.54, 1.807) is 36.6 Å². The Bertz CT molecular complexity index is 784. The summed E-state index contributed by atoms with van der Waals surface area (Å²) < 4.78 is 7.50. The minimum atomic E-state index is -0.988. The topological polar surface area (TPSA) is 64.3 Å². The predicted octanol–water partition coefficient (Wildman–Crippen LogP) is 3.42. The molecule has 0 bridgehead atoms. The number of benzene rings is 1. The highest BCUT2D eigenvalue weighted by Gasteiger charge is 2.37. The van der Waals surface area contributed by atoms with Crippen molar-refractivity contribution >= 4 is 0 Å². The lowest BCUT2D eigenvalue weighted by atomic mass is 9.89. The fourth-order valence-electron chi connectivity index (χ4n) is 2.44. The number of aromatic nitrogens is 2. The summed E-state index contributed by atoms with van der Waals surface area (Å²) in [5, 5.41) is 10.2. The third kappa shape index (κ3) is 4.28. The predicted molar refractivity (Wildman–Crippen MR) is 99.6 cm³/mol. The number of aliphatic hydroxyl groups is 1. The Labute approximate surface area is 149 Å². The summed E-state index contributed by atoms with van der Waals surface area (Å²) in [6, 6.07) is 8.85. The molecule has 0 saturated heterocycles. The monoisotopic (exact) mass is 344 g/mol. The van der Waals surface area contributed by atoms with E-state index in [0.29, 0.717) is 11.6 Å². The number of hydrogen-bond acceptors (Lipinski definition) is 4. The molecule has 2 rings (SSSR count). The molecule has 1 aromatic carbocycles. The van der Waals surface area contributed by atoms with Crippen molar-refractivity contribution in [2.24, 2.45) is 0 Å². The van der Waals surface area contributed by atoms with Crippen LogP contribution in [0.3, 0.4) is 0 Å². The first-order valence-electron chi connectivity index (χ1n) is 8.66. The Balaban J connectivity index is 2.31. The minimum Gasteiger partial charge on any atom is -0.485 e. The van der Waals surface area contributed by atoms with Crippen LogP contribution in [-0.4, -0.2) is 25.9 Å². The fourth-order valence-corrected chi connectivity index (χ4v) is 2.44. The van der Waals surface area contributed by atoms with Crippen LogP contribution >= 0.6 is 0 Å². The molecule has 0 atom stereocenters. The van der Waals surface area contributed by atoms with Gasteiger partial charge in [-0.1, -0.05) is 13.3 Å². The molecule has 0 spiro atoms. The third-order valence-corrected chi connectivity index (χ3v) is 4.59. The van der Waals surface area contributed by atoms with Gasteiger partial charge in [0.2, 0.25) is 0 Å². The summed E-state index contributed by atoms with van der Waals surface area (Å²) in [6.07, 6.45) is 1.76. The summed E-state index contributed by atoms with van der Waals surface area (Å²) in [6.45, 7) is 11.0. The number of hydrogen-bond donors (Lipinski definition) is 1. The van der Waals surface area contributed by atoms with Crippen LogP contribution in [0.2, 0.25) is 0 Å². The molecule has 5 heteroatoms. The zero-order valence-electron chi connectivity index (χ0n) is 16.0. The van der Waals surface area contributed by atoms with Crippen molar-refractivity contribution < 1.29 is 9.84 Å². The van der Waals surface area contributed by atoms with E-state index in [1.807, 2.05) is 32.9 Å². The smallest absolute Gasteiger partial charge is 0.258 e. The van der Waals surface area contributed by atoms with Gasteiger partial charge in [0.15, 0.2) is 0 Å². The maximum absolute atomic E-state index is 12.4. The van der Waals surface area contributed by atoms with Crippen LogP contribution in [0.1, 0.15) is 52.6 Å². The number of nitrogens with zero attached hydrogens (tertiary/aromatic N) is 2. The molecule has 0 aliphatic rings. The summed E-state index contributed by atoms with van der Waals surface area (Å²) >= 11 is 0. The Hall–Kier alpha value is -2.14. The highest BCUT2D eigenvalue weighted by molar-refractivity contribution is 5.38. The van der Waals surface area contributed by atoms with Gasteiger partial charge in [0.25, 0.3) is 5.56 Å². The van der Waals surface area contributed by atoms with Crippen molar-refractivity contribution in [1.29, 1.82) is 0 Å². The molecular formula is C20H28N2O3. The Morgan fingerprint density at radius 3 is 2.24 bits per heavy atom. The largest absolute Gasteiger partial charge is 0.485 e. The zero-order chi connectivity index (χ0) is 18.8. The van der Waals surface area contributed by atoms with E-state index in [-0.39, 0.29) is 5.56 Å². The van der Waals surface area contributed by atoms with Gasteiger partial charge in [-0.05, 0) is 65.3 Å². The highest BCUT2D eigenvalue weighted by Crippen LogP contribution is 2.28. The van der Waals surface area contributed by atoms with Crippen molar-refractivity contribution in [3.63, 3.8) is 0 Å². The van der Waals surface area contributed by atoms with E-state index in [0.717, 1.165) is 24.2 Å². The van der Waals surface area contributed by atoms with Gasteiger partial charge >= 0.3 is 0 Å².